The number of carbonyl (C=O) groups excluding carboxylic acids is 1. The number of furan rings is 1. The zero-order valence-corrected chi connectivity index (χ0v) is 23.4. The summed E-state index contributed by atoms with van der Waals surface area (Å²) in [6.07, 6.45) is 1.76. The Morgan fingerprint density at radius 1 is 1.15 bits per heavy atom. The van der Waals surface area contributed by atoms with Crippen LogP contribution in [0.3, 0.4) is 0 Å². The summed E-state index contributed by atoms with van der Waals surface area (Å²) in [7, 11) is 0. The zero-order chi connectivity index (χ0) is 27.5. The maximum atomic E-state index is 12.2. The molecule has 1 fully saturated rings. The van der Waals surface area contributed by atoms with Crippen LogP contribution in [0.25, 0.3) is 11.3 Å². The maximum Gasteiger partial charge on any atom is 0.226 e. The van der Waals surface area contributed by atoms with Crippen LogP contribution in [0.5, 0.6) is 5.75 Å². The lowest BCUT2D eigenvalue weighted by molar-refractivity contribution is -0.118. The average molecular weight is 561 g/mol. The van der Waals surface area contributed by atoms with E-state index in [0.29, 0.717) is 22.4 Å². The second-order valence-corrected chi connectivity index (χ2v) is 10.3. The summed E-state index contributed by atoms with van der Waals surface area (Å²) in [4.78, 5) is 18.8. The van der Waals surface area contributed by atoms with Crippen molar-refractivity contribution in [3.05, 3.63) is 95.5 Å². The number of hydrogen-bond donors (Lipinski definition) is 2. The number of rotatable bonds is 8. The number of nitrogens with one attached hydrogen (secondary N) is 2. The first-order valence-electron chi connectivity index (χ1n) is 12.8. The number of ether oxygens (including phenoxy) is 1. The fraction of sp³-hybridized carbons (Fsp3) is 0.233. The molecule has 200 valence electrons. The van der Waals surface area contributed by atoms with Crippen LogP contribution in [0.15, 0.2) is 83.4 Å². The van der Waals surface area contributed by atoms with Gasteiger partial charge in [-0.1, -0.05) is 31.5 Å². The number of pyridine rings is 1. The van der Waals surface area contributed by atoms with Gasteiger partial charge >= 0.3 is 0 Å². The molecule has 0 radical (unpaired) electrons. The molecule has 4 aromatic rings. The molecule has 2 N–H and O–H groups in total. The average Bonchev–Trinajstić information content (AvgIpc) is 3.55. The quantitative estimate of drug-likeness (QED) is 0.221. The Kier molecular flexibility index (Phi) is 7.86. The van der Waals surface area contributed by atoms with Crippen molar-refractivity contribution in [1.29, 1.82) is 0 Å². The second kappa shape index (κ2) is 11.5. The smallest absolute Gasteiger partial charge is 0.226 e. The van der Waals surface area contributed by atoms with E-state index in [4.69, 9.17) is 33.0 Å². The summed E-state index contributed by atoms with van der Waals surface area (Å²) in [6, 6.07) is 22.4. The van der Waals surface area contributed by atoms with Crippen LogP contribution in [0, 0.1) is 5.92 Å². The van der Waals surface area contributed by atoms with Gasteiger partial charge in [-0.25, -0.2) is 0 Å². The molecule has 1 aliphatic heterocycles. The molecule has 1 saturated heterocycles. The molecule has 2 aromatic carbocycles. The lowest BCUT2D eigenvalue weighted by Crippen LogP contribution is -2.29. The molecule has 0 saturated carbocycles. The molecule has 0 aliphatic carbocycles. The number of amides is 1. The molecule has 9 heteroatoms. The van der Waals surface area contributed by atoms with Gasteiger partial charge in [-0.2, -0.15) is 0 Å². The fourth-order valence-electron chi connectivity index (χ4n) is 4.50. The van der Waals surface area contributed by atoms with E-state index in [-0.39, 0.29) is 23.9 Å². The van der Waals surface area contributed by atoms with Crippen molar-refractivity contribution in [1.82, 2.24) is 10.3 Å². The van der Waals surface area contributed by atoms with Crippen molar-refractivity contribution in [3.63, 3.8) is 0 Å². The molecule has 0 unspecified atom stereocenters. The lowest BCUT2D eigenvalue weighted by atomic mass is 10.0. The third-order valence-corrected chi connectivity index (χ3v) is 7.11. The largest absolute Gasteiger partial charge is 0.494 e. The summed E-state index contributed by atoms with van der Waals surface area (Å²) in [5, 5.41) is 7.23. The van der Waals surface area contributed by atoms with Gasteiger partial charge in [0.1, 0.15) is 23.3 Å². The van der Waals surface area contributed by atoms with Gasteiger partial charge in [0.25, 0.3) is 0 Å². The van der Waals surface area contributed by atoms with E-state index >= 15 is 0 Å². The third kappa shape index (κ3) is 5.62. The molecule has 1 aliphatic rings. The van der Waals surface area contributed by atoms with Gasteiger partial charge in [-0.3, -0.25) is 9.78 Å². The molecule has 7 nitrogen and oxygen atoms in total. The number of thiocarbonyl (C=S) groups is 1. The standard InChI is InChI=1S/C30H29ClN4O3S/c1-4-37-21-11-8-19(9-12-21)25-14-15-26(38-25)28-27(24-7-5-6-16-32-24)34-30(39)35(28)20-10-13-23(22(31)17-20)33-29(36)18(2)3/h5-18,27-28H,4H2,1-3H3,(H,33,36)(H,34,39)/t27-,28+/m0/s1. The lowest BCUT2D eigenvalue weighted by Gasteiger charge is -2.26. The number of aromatic nitrogens is 1. The summed E-state index contributed by atoms with van der Waals surface area (Å²) in [5.41, 5.74) is 3.08. The molecular weight excluding hydrogens is 532 g/mol. The molecule has 2 aromatic heterocycles. The van der Waals surface area contributed by atoms with Crippen LogP contribution in [-0.4, -0.2) is 22.6 Å². The Labute approximate surface area is 238 Å². The van der Waals surface area contributed by atoms with Crippen LogP contribution < -0.4 is 20.3 Å². The van der Waals surface area contributed by atoms with E-state index in [1.165, 1.54) is 0 Å². The van der Waals surface area contributed by atoms with Crippen LogP contribution in [0.2, 0.25) is 5.02 Å². The number of nitrogens with zero attached hydrogens (tertiary/aromatic N) is 2. The van der Waals surface area contributed by atoms with E-state index < -0.39 is 0 Å². The Morgan fingerprint density at radius 2 is 1.95 bits per heavy atom. The van der Waals surface area contributed by atoms with Gasteiger partial charge in [0.2, 0.25) is 5.91 Å². The van der Waals surface area contributed by atoms with Gasteiger partial charge < -0.3 is 24.7 Å². The van der Waals surface area contributed by atoms with Crippen LogP contribution in [0.1, 0.15) is 44.3 Å². The van der Waals surface area contributed by atoms with Crippen LogP contribution >= 0.6 is 23.8 Å². The molecule has 3 heterocycles. The number of anilines is 2. The van der Waals surface area contributed by atoms with E-state index in [1.54, 1.807) is 18.3 Å². The molecule has 0 bridgehead atoms. The first kappa shape index (κ1) is 26.7. The second-order valence-electron chi connectivity index (χ2n) is 9.46. The topological polar surface area (TPSA) is 79.6 Å². The highest BCUT2D eigenvalue weighted by molar-refractivity contribution is 7.80. The minimum Gasteiger partial charge on any atom is -0.494 e. The maximum absolute atomic E-state index is 12.2. The molecule has 1 amide bonds. The number of halogens is 1. The van der Waals surface area contributed by atoms with E-state index in [9.17, 15) is 4.79 Å². The SMILES string of the molecule is CCOc1ccc(-c2ccc([C@@H]3[C@H](c4ccccn4)NC(=S)N3c3ccc(NC(=O)C(C)C)c(Cl)c3)o2)cc1. The summed E-state index contributed by atoms with van der Waals surface area (Å²) < 4.78 is 12.0. The highest BCUT2D eigenvalue weighted by atomic mass is 35.5. The molecule has 39 heavy (non-hydrogen) atoms. The van der Waals surface area contributed by atoms with Gasteiger partial charge in [-0.15, -0.1) is 0 Å². The first-order valence-corrected chi connectivity index (χ1v) is 13.6. The van der Waals surface area contributed by atoms with Crippen molar-refractivity contribution < 1.29 is 13.9 Å². The minimum absolute atomic E-state index is 0.103. The fourth-order valence-corrected chi connectivity index (χ4v) is 5.07. The van der Waals surface area contributed by atoms with Crippen LogP contribution in [-0.2, 0) is 4.79 Å². The normalized spacial score (nSPS) is 16.8. The molecular formula is C30H29ClN4O3S. The molecule has 0 spiro atoms. The number of carbonyl (C=O) groups is 1. The molecule has 5 rings (SSSR count). The van der Waals surface area contributed by atoms with Gasteiger partial charge in [-0.05, 0) is 85.9 Å². The first-order chi connectivity index (χ1) is 18.9. The highest BCUT2D eigenvalue weighted by Gasteiger charge is 2.42. The van der Waals surface area contributed by atoms with E-state index in [1.807, 2.05) is 86.3 Å². The van der Waals surface area contributed by atoms with Gasteiger partial charge in [0.05, 0.1) is 29.1 Å². The monoisotopic (exact) mass is 560 g/mol. The minimum atomic E-state index is -0.337. The van der Waals surface area contributed by atoms with Crippen molar-refractivity contribution >= 4 is 46.2 Å². The third-order valence-electron chi connectivity index (χ3n) is 6.48. The predicted octanol–water partition coefficient (Wildman–Crippen LogP) is 7.17. The van der Waals surface area contributed by atoms with Crippen molar-refractivity contribution in [3.8, 4) is 17.1 Å². The van der Waals surface area contributed by atoms with Crippen LogP contribution in [0.4, 0.5) is 11.4 Å². The zero-order valence-electron chi connectivity index (χ0n) is 21.9. The van der Waals surface area contributed by atoms with E-state index in [2.05, 4.69) is 15.6 Å². The van der Waals surface area contributed by atoms with E-state index in [0.717, 1.165) is 34.2 Å². The predicted molar refractivity (Wildman–Crippen MR) is 158 cm³/mol. The number of benzene rings is 2. The van der Waals surface area contributed by atoms with Crippen molar-refractivity contribution in [2.45, 2.75) is 32.9 Å². The Balaban J connectivity index is 1.51. The van der Waals surface area contributed by atoms with Crippen molar-refractivity contribution in [2.75, 3.05) is 16.8 Å². The molecule has 2 atom stereocenters. The summed E-state index contributed by atoms with van der Waals surface area (Å²) in [6.45, 7) is 6.23. The summed E-state index contributed by atoms with van der Waals surface area (Å²) in [5.74, 6) is 1.99. The Morgan fingerprint density at radius 3 is 2.62 bits per heavy atom. The summed E-state index contributed by atoms with van der Waals surface area (Å²) >= 11 is 12.4. The Hall–Kier alpha value is -3.88. The van der Waals surface area contributed by atoms with Gasteiger partial charge in [0.15, 0.2) is 5.11 Å². The van der Waals surface area contributed by atoms with Gasteiger partial charge in [0, 0.05) is 23.4 Å². The highest BCUT2D eigenvalue weighted by Crippen LogP contribution is 2.44. The van der Waals surface area contributed by atoms with Crippen molar-refractivity contribution in [2.24, 2.45) is 5.92 Å². The Bertz CT molecular complexity index is 1470. The number of hydrogen-bond acceptors (Lipinski definition) is 5.